The Kier molecular flexibility index (Phi) is 4.74. The monoisotopic (exact) mass is 266 g/mol. The van der Waals surface area contributed by atoms with Crippen molar-refractivity contribution in [2.24, 2.45) is 13.0 Å². The summed E-state index contributed by atoms with van der Waals surface area (Å²) in [5, 5.41) is 9.27. The molecule has 1 atom stereocenters. The van der Waals surface area contributed by atoms with Crippen molar-refractivity contribution in [1.82, 2.24) is 9.47 Å². The van der Waals surface area contributed by atoms with E-state index in [1.807, 2.05) is 23.9 Å². The second-order valence-electron chi connectivity index (χ2n) is 5.25. The van der Waals surface area contributed by atoms with E-state index < -0.39 is 0 Å². The highest BCUT2D eigenvalue weighted by molar-refractivity contribution is 5.94. The molecule has 0 amide bonds. The Labute approximate surface area is 113 Å². The second-order valence-corrected chi connectivity index (χ2v) is 5.25. The molecule has 106 valence electrons. The van der Waals surface area contributed by atoms with Gasteiger partial charge in [-0.1, -0.05) is 0 Å². The maximum absolute atomic E-state index is 11.4. The van der Waals surface area contributed by atoms with Crippen LogP contribution in [-0.4, -0.2) is 53.3 Å². The molecule has 5 nitrogen and oxygen atoms in total. The summed E-state index contributed by atoms with van der Waals surface area (Å²) in [5.41, 5.74) is 1.87. The number of ether oxygens (including phenoxy) is 1. The van der Waals surface area contributed by atoms with Crippen LogP contribution in [0.2, 0.25) is 0 Å². The first kappa shape index (κ1) is 14.2. The number of aromatic nitrogens is 1. The van der Waals surface area contributed by atoms with Crippen LogP contribution in [0.25, 0.3) is 0 Å². The van der Waals surface area contributed by atoms with Crippen molar-refractivity contribution in [3.05, 3.63) is 23.5 Å². The Morgan fingerprint density at radius 2 is 2.37 bits per heavy atom. The zero-order valence-corrected chi connectivity index (χ0v) is 11.6. The molecular formula is C14H22N2O3. The summed E-state index contributed by atoms with van der Waals surface area (Å²) < 4.78 is 7.47. The summed E-state index contributed by atoms with van der Waals surface area (Å²) in [7, 11) is 1.96. The van der Waals surface area contributed by atoms with Gasteiger partial charge in [0.15, 0.2) is 5.78 Å². The maximum atomic E-state index is 11.4. The summed E-state index contributed by atoms with van der Waals surface area (Å²) in [6.07, 6.45) is 1.87. The number of aryl methyl sites for hydroxylation is 1. The number of hydrogen-bond acceptors (Lipinski definition) is 4. The molecular weight excluding hydrogens is 244 g/mol. The predicted molar refractivity (Wildman–Crippen MR) is 72.1 cm³/mol. The van der Waals surface area contributed by atoms with E-state index in [9.17, 15) is 9.90 Å². The van der Waals surface area contributed by atoms with Gasteiger partial charge in [0.1, 0.15) is 0 Å². The number of Topliss-reactive ketones (excluding diaryl/α,β-unsaturated/α-hetero) is 1. The van der Waals surface area contributed by atoms with Crippen LogP contribution >= 0.6 is 0 Å². The van der Waals surface area contributed by atoms with Gasteiger partial charge in [-0.15, -0.1) is 0 Å². The zero-order valence-electron chi connectivity index (χ0n) is 11.6. The van der Waals surface area contributed by atoms with Gasteiger partial charge in [-0.3, -0.25) is 9.69 Å². The molecule has 0 aromatic carbocycles. The van der Waals surface area contributed by atoms with Crippen LogP contribution in [-0.2, 0) is 18.3 Å². The van der Waals surface area contributed by atoms with Crippen LogP contribution in [0.3, 0.4) is 0 Å². The first-order chi connectivity index (χ1) is 9.10. The van der Waals surface area contributed by atoms with E-state index in [1.165, 1.54) is 0 Å². The lowest BCUT2D eigenvalue weighted by atomic mass is 10.1. The normalized spacial score (nSPS) is 21.3. The highest BCUT2D eigenvalue weighted by Gasteiger charge is 2.19. The van der Waals surface area contributed by atoms with Crippen molar-refractivity contribution >= 4 is 5.78 Å². The Morgan fingerprint density at radius 1 is 1.58 bits per heavy atom. The van der Waals surface area contributed by atoms with Crippen LogP contribution < -0.4 is 0 Å². The van der Waals surface area contributed by atoms with Gasteiger partial charge in [0, 0.05) is 56.7 Å². The molecule has 0 spiro atoms. The Hall–Kier alpha value is -1.17. The molecule has 0 radical (unpaired) electrons. The highest BCUT2D eigenvalue weighted by Crippen LogP contribution is 2.14. The molecule has 1 unspecified atom stereocenters. The Morgan fingerprint density at radius 3 is 3.00 bits per heavy atom. The van der Waals surface area contributed by atoms with Crippen LogP contribution in [0.15, 0.2) is 12.3 Å². The standard InChI is InChI=1S/C14H22N2O3/c1-11(18)13-5-14(15(2)7-13)8-16-3-4-19-10-12(6-16)9-17/h5,7,12,17H,3-4,6,8-10H2,1-2H3. The van der Waals surface area contributed by atoms with Gasteiger partial charge in [-0.2, -0.15) is 0 Å². The van der Waals surface area contributed by atoms with E-state index in [1.54, 1.807) is 6.92 Å². The summed E-state index contributed by atoms with van der Waals surface area (Å²) in [6, 6.07) is 1.95. The number of nitrogens with zero attached hydrogens (tertiary/aromatic N) is 2. The molecule has 0 bridgehead atoms. The van der Waals surface area contributed by atoms with Crippen molar-refractivity contribution in [2.75, 3.05) is 32.9 Å². The average Bonchev–Trinajstić information content (AvgIpc) is 2.61. The van der Waals surface area contributed by atoms with E-state index in [-0.39, 0.29) is 18.3 Å². The van der Waals surface area contributed by atoms with E-state index in [0.29, 0.717) is 13.2 Å². The van der Waals surface area contributed by atoms with Gasteiger partial charge in [0.2, 0.25) is 0 Å². The third kappa shape index (κ3) is 3.65. The van der Waals surface area contributed by atoms with Crippen molar-refractivity contribution in [3.8, 4) is 0 Å². The summed E-state index contributed by atoms with van der Waals surface area (Å²) in [5.74, 6) is 0.268. The Balaban J connectivity index is 2.04. The zero-order chi connectivity index (χ0) is 13.8. The number of carbonyl (C=O) groups is 1. The van der Waals surface area contributed by atoms with E-state index >= 15 is 0 Å². The van der Waals surface area contributed by atoms with Gasteiger partial charge in [-0.25, -0.2) is 0 Å². The van der Waals surface area contributed by atoms with Crippen molar-refractivity contribution < 1.29 is 14.6 Å². The average molecular weight is 266 g/mol. The molecule has 1 aliphatic rings. The number of carbonyl (C=O) groups excluding carboxylic acids is 1. The van der Waals surface area contributed by atoms with Gasteiger partial charge >= 0.3 is 0 Å². The predicted octanol–water partition coefficient (Wildman–Crippen LogP) is 0.668. The molecule has 2 heterocycles. The number of ketones is 1. The lowest BCUT2D eigenvalue weighted by Crippen LogP contribution is -2.31. The van der Waals surface area contributed by atoms with Crippen LogP contribution in [0.4, 0.5) is 0 Å². The second kappa shape index (κ2) is 6.32. The quantitative estimate of drug-likeness (QED) is 0.814. The van der Waals surface area contributed by atoms with Crippen molar-refractivity contribution in [2.45, 2.75) is 13.5 Å². The summed E-state index contributed by atoms with van der Waals surface area (Å²) in [4.78, 5) is 13.6. The molecule has 0 aliphatic carbocycles. The molecule has 1 aromatic rings. The number of hydrogen-bond donors (Lipinski definition) is 1. The first-order valence-corrected chi connectivity index (χ1v) is 6.67. The number of aliphatic hydroxyl groups excluding tert-OH is 1. The molecule has 2 rings (SSSR count). The van der Waals surface area contributed by atoms with Crippen LogP contribution in [0.5, 0.6) is 0 Å². The van der Waals surface area contributed by atoms with Gasteiger partial charge in [-0.05, 0) is 13.0 Å². The third-order valence-corrected chi connectivity index (χ3v) is 3.58. The lowest BCUT2D eigenvalue weighted by Gasteiger charge is -2.22. The molecule has 1 N–H and O–H groups in total. The van der Waals surface area contributed by atoms with Crippen molar-refractivity contribution in [3.63, 3.8) is 0 Å². The molecule has 19 heavy (non-hydrogen) atoms. The smallest absolute Gasteiger partial charge is 0.161 e. The molecule has 1 saturated heterocycles. The molecule has 1 fully saturated rings. The molecule has 5 heteroatoms. The number of rotatable bonds is 4. The fraction of sp³-hybridized carbons (Fsp3) is 0.643. The van der Waals surface area contributed by atoms with Gasteiger partial charge in [0.25, 0.3) is 0 Å². The van der Waals surface area contributed by atoms with E-state index in [4.69, 9.17) is 4.74 Å². The highest BCUT2D eigenvalue weighted by atomic mass is 16.5. The minimum atomic E-state index is 0.0919. The minimum Gasteiger partial charge on any atom is -0.396 e. The van der Waals surface area contributed by atoms with Crippen molar-refractivity contribution in [1.29, 1.82) is 0 Å². The Bertz CT molecular complexity index is 442. The molecule has 1 aliphatic heterocycles. The maximum Gasteiger partial charge on any atom is 0.161 e. The first-order valence-electron chi connectivity index (χ1n) is 6.67. The fourth-order valence-corrected chi connectivity index (χ4v) is 2.40. The SMILES string of the molecule is CC(=O)c1cc(CN2CCOCC(CO)C2)n(C)c1. The van der Waals surface area contributed by atoms with Crippen LogP contribution in [0, 0.1) is 5.92 Å². The fourth-order valence-electron chi connectivity index (χ4n) is 2.40. The topological polar surface area (TPSA) is 54.7 Å². The summed E-state index contributed by atoms with van der Waals surface area (Å²) in [6.45, 7) is 5.53. The largest absolute Gasteiger partial charge is 0.396 e. The molecule has 1 aromatic heterocycles. The lowest BCUT2D eigenvalue weighted by molar-refractivity contribution is 0.0957. The van der Waals surface area contributed by atoms with E-state index in [0.717, 1.165) is 30.9 Å². The van der Waals surface area contributed by atoms with E-state index in [2.05, 4.69) is 4.90 Å². The number of aliphatic hydroxyl groups is 1. The summed E-state index contributed by atoms with van der Waals surface area (Å²) >= 11 is 0. The minimum absolute atomic E-state index is 0.0919. The van der Waals surface area contributed by atoms with Gasteiger partial charge in [0.05, 0.1) is 13.2 Å². The third-order valence-electron chi connectivity index (χ3n) is 3.58. The molecule has 0 saturated carbocycles. The van der Waals surface area contributed by atoms with Crippen LogP contribution in [0.1, 0.15) is 23.0 Å². The van der Waals surface area contributed by atoms with Gasteiger partial charge < -0.3 is 14.4 Å².